The fraction of sp³-hybridized carbons (Fsp3) is 0.647. The van der Waals surface area contributed by atoms with Crippen molar-refractivity contribution >= 4 is 15.9 Å². The van der Waals surface area contributed by atoms with Crippen molar-refractivity contribution in [2.75, 3.05) is 13.1 Å². The van der Waals surface area contributed by atoms with Gasteiger partial charge in [-0.1, -0.05) is 38.8 Å². The second-order valence-electron chi connectivity index (χ2n) is 5.92. The van der Waals surface area contributed by atoms with E-state index in [0.29, 0.717) is 10.9 Å². The Kier molecular flexibility index (Phi) is 5.81. The van der Waals surface area contributed by atoms with Crippen LogP contribution in [-0.4, -0.2) is 34.7 Å². The Hall–Kier alpha value is -0.450. The van der Waals surface area contributed by atoms with Gasteiger partial charge in [-0.3, -0.25) is 4.90 Å². The van der Waals surface area contributed by atoms with Crippen molar-refractivity contribution in [2.45, 2.75) is 57.6 Å². The maximum Gasteiger partial charge on any atom is 0.137 e. The van der Waals surface area contributed by atoms with Gasteiger partial charge < -0.3 is 5.11 Å². The Bertz CT molecular complexity index is 470. The van der Waals surface area contributed by atoms with Crippen LogP contribution >= 0.6 is 15.9 Å². The molecule has 1 aliphatic rings. The molecule has 0 amide bonds. The van der Waals surface area contributed by atoms with Crippen LogP contribution in [-0.2, 0) is 6.42 Å². The average Bonchev–Trinajstić information content (AvgIpc) is 2.96. The normalized spacial score (nSPS) is 19.1. The molecule has 4 heteroatoms. The summed E-state index contributed by atoms with van der Waals surface area (Å²) in [6.07, 6.45) is 4.42. The zero-order valence-corrected chi connectivity index (χ0v) is 14.5. The van der Waals surface area contributed by atoms with E-state index in [1.54, 1.807) is 6.07 Å². The van der Waals surface area contributed by atoms with E-state index in [1.165, 1.54) is 6.07 Å². The third kappa shape index (κ3) is 3.33. The number of hydrogen-bond donors (Lipinski definition) is 1. The zero-order chi connectivity index (χ0) is 15.5. The summed E-state index contributed by atoms with van der Waals surface area (Å²) < 4.78 is 14.1. The summed E-state index contributed by atoms with van der Waals surface area (Å²) in [5.74, 6) is -0.261. The molecule has 2 nitrogen and oxygen atoms in total. The summed E-state index contributed by atoms with van der Waals surface area (Å²) in [4.78, 5) is 2.39. The van der Waals surface area contributed by atoms with E-state index in [4.69, 9.17) is 0 Å². The first-order chi connectivity index (χ1) is 10.0. The molecular formula is C17H25BrFNO. The van der Waals surface area contributed by atoms with Gasteiger partial charge in [-0.15, -0.1) is 0 Å². The number of aliphatic hydroxyl groups is 1. The number of aliphatic hydroxyl groups excluding tert-OH is 1. The molecule has 0 saturated heterocycles. The first-order valence-electron chi connectivity index (χ1n) is 7.91. The molecule has 1 unspecified atom stereocenters. The molecule has 21 heavy (non-hydrogen) atoms. The van der Waals surface area contributed by atoms with Crippen LogP contribution in [0.1, 0.15) is 45.1 Å². The van der Waals surface area contributed by atoms with Crippen LogP contribution in [0.3, 0.4) is 0 Å². The second-order valence-corrected chi connectivity index (χ2v) is 6.71. The predicted molar refractivity (Wildman–Crippen MR) is 87.9 cm³/mol. The first-order valence-corrected chi connectivity index (χ1v) is 8.70. The Morgan fingerprint density at radius 2 is 1.90 bits per heavy atom. The summed E-state index contributed by atoms with van der Waals surface area (Å²) in [6, 6.07) is 5.04. The summed E-state index contributed by atoms with van der Waals surface area (Å²) >= 11 is 3.31. The Morgan fingerprint density at radius 3 is 2.48 bits per heavy atom. The first kappa shape index (κ1) is 16.9. The second kappa shape index (κ2) is 7.21. The lowest BCUT2D eigenvalue weighted by Gasteiger charge is -2.44. The topological polar surface area (TPSA) is 23.5 Å². The predicted octanol–water partition coefficient (Wildman–Crippen LogP) is 4.15. The molecule has 1 fully saturated rings. The van der Waals surface area contributed by atoms with Crippen molar-refractivity contribution in [3.05, 3.63) is 34.1 Å². The quantitative estimate of drug-likeness (QED) is 0.826. The molecule has 1 saturated carbocycles. The lowest BCUT2D eigenvalue weighted by Crippen LogP contribution is -2.55. The zero-order valence-electron chi connectivity index (χ0n) is 12.9. The molecule has 1 aromatic rings. The highest BCUT2D eigenvalue weighted by molar-refractivity contribution is 9.10. The standard InChI is InChI=1S/C17H25BrFNO/c1-3-20(4-2)17(10-5-6-11-17)15(21)12-13-8-7-9-14(19)16(13)18/h7-9,15,21H,3-6,10-12H2,1-2H3. The largest absolute Gasteiger partial charge is 0.391 e. The Morgan fingerprint density at radius 1 is 1.29 bits per heavy atom. The van der Waals surface area contributed by atoms with Crippen LogP contribution < -0.4 is 0 Å². The van der Waals surface area contributed by atoms with Gasteiger partial charge in [0.25, 0.3) is 0 Å². The highest BCUT2D eigenvalue weighted by Gasteiger charge is 2.44. The molecule has 2 rings (SSSR count). The molecule has 118 valence electrons. The molecule has 0 bridgehead atoms. The molecule has 1 N–H and O–H groups in total. The molecule has 1 aromatic carbocycles. The third-order valence-corrected chi connectivity index (χ3v) is 5.82. The maximum atomic E-state index is 13.7. The monoisotopic (exact) mass is 357 g/mol. The SMILES string of the molecule is CCN(CC)C1(C(O)Cc2cccc(F)c2Br)CCCC1. The van der Waals surface area contributed by atoms with E-state index in [0.717, 1.165) is 44.3 Å². The summed E-state index contributed by atoms with van der Waals surface area (Å²) in [5, 5.41) is 10.9. The van der Waals surface area contributed by atoms with Gasteiger partial charge in [0.1, 0.15) is 5.82 Å². The van der Waals surface area contributed by atoms with Crippen LogP contribution in [0.5, 0.6) is 0 Å². The van der Waals surface area contributed by atoms with Crippen molar-refractivity contribution in [2.24, 2.45) is 0 Å². The van der Waals surface area contributed by atoms with Crippen LogP contribution in [0.25, 0.3) is 0 Å². The van der Waals surface area contributed by atoms with E-state index in [-0.39, 0.29) is 11.4 Å². The number of nitrogens with zero attached hydrogens (tertiary/aromatic N) is 1. The van der Waals surface area contributed by atoms with Gasteiger partial charge in [-0.25, -0.2) is 4.39 Å². The van der Waals surface area contributed by atoms with Crippen LogP contribution in [0.2, 0.25) is 0 Å². The smallest absolute Gasteiger partial charge is 0.137 e. The molecule has 0 aromatic heterocycles. The molecule has 1 atom stereocenters. The van der Waals surface area contributed by atoms with Crippen LogP contribution in [0, 0.1) is 5.82 Å². The van der Waals surface area contributed by atoms with Crippen molar-refractivity contribution in [1.82, 2.24) is 4.90 Å². The van der Waals surface area contributed by atoms with Crippen molar-refractivity contribution in [3.8, 4) is 0 Å². The van der Waals surface area contributed by atoms with Crippen molar-refractivity contribution in [3.63, 3.8) is 0 Å². The molecule has 0 heterocycles. The number of rotatable bonds is 6. The highest BCUT2D eigenvalue weighted by Crippen LogP contribution is 2.39. The van der Waals surface area contributed by atoms with Gasteiger partial charge in [0, 0.05) is 12.0 Å². The fourth-order valence-electron chi connectivity index (χ4n) is 3.81. The number of benzene rings is 1. The van der Waals surface area contributed by atoms with Crippen molar-refractivity contribution < 1.29 is 9.50 Å². The van der Waals surface area contributed by atoms with Gasteiger partial charge in [0.05, 0.1) is 10.6 Å². The lowest BCUT2D eigenvalue weighted by atomic mass is 9.84. The summed E-state index contributed by atoms with van der Waals surface area (Å²) in [6.45, 7) is 6.18. The van der Waals surface area contributed by atoms with Crippen LogP contribution in [0.15, 0.2) is 22.7 Å². The number of hydrogen-bond acceptors (Lipinski definition) is 2. The summed E-state index contributed by atoms with van der Waals surface area (Å²) in [7, 11) is 0. The van der Waals surface area contributed by atoms with Gasteiger partial charge in [0.2, 0.25) is 0 Å². The number of halogens is 2. The third-order valence-electron chi connectivity index (χ3n) is 4.93. The molecule has 0 aliphatic heterocycles. The van der Waals surface area contributed by atoms with Gasteiger partial charge in [0.15, 0.2) is 0 Å². The molecular weight excluding hydrogens is 333 g/mol. The minimum atomic E-state index is -0.460. The van der Waals surface area contributed by atoms with E-state index in [2.05, 4.69) is 34.7 Å². The van der Waals surface area contributed by atoms with Gasteiger partial charge in [-0.2, -0.15) is 0 Å². The van der Waals surface area contributed by atoms with E-state index in [9.17, 15) is 9.50 Å². The Labute approximate surface area is 135 Å². The maximum absolute atomic E-state index is 13.7. The highest BCUT2D eigenvalue weighted by atomic mass is 79.9. The molecule has 1 aliphatic carbocycles. The fourth-order valence-corrected chi connectivity index (χ4v) is 4.23. The van der Waals surface area contributed by atoms with E-state index < -0.39 is 6.10 Å². The summed E-state index contributed by atoms with van der Waals surface area (Å²) in [5.41, 5.74) is 0.704. The van der Waals surface area contributed by atoms with E-state index >= 15 is 0 Å². The van der Waals surface area contributed by atoms with Crippen LogP contribution in [0.4, 0.5) is 4.39 Å². The Balaban J connectivity index is 2.23. The minimum absolute atomic E-state index is 0.144. The molecule has 0 radical (unpaired) electrons. The van der Waals surface area contributed by atoms with Gasteiger partial charge >= 0.3 is 0 Å². The minimum Gasteiger partial charge on any atom is -0.391 e. The van der Waals surface area contributed by atoms with Gasteiger partial charge in [-0.05, 0) is 53.5 Å². The molecule has 0 spiro atoms. The number of likely N-dealkylation sites (N-methyl/N-ethyl adjacent to an activating group) is 1. The average molecular weight is 358 g/mol. The lowest BCUT2D eigenvalue weighted by molar-refractivity contribution is -0.0245. The van der Waals surface area contributed by atoms with E-state index in [1.807, 2.05) is 6.07 Å². The van der Waals surface area contributed by atoms with Crippen molar-refractivity contribution in [1.29, 1.82) is 0 Å².